The first-order valence-electron chi connectivity index (χ1n) is 4.08. The van der Waals surface area contributed by atoms with E-state index in [1.165, 1.54) is 0 Å². The Morgan fingerprint density at radius 1 is 1.18 bits per heavy atom. The van der Waals surface area contributed by atoms with Gasteiger partial charge in [0.15, 0.2) is 0 Å². The van der Waals surface area contributed by atoms with Gasteiger partial charge in [0.2, 0.25) is 0 Å². The fourth-order valence-electron chi connectivity index (χ4n) is 0.313. The van der Waals surface area contributed by atoms with E-state index >= 15 is 0 Å². The van der Waals surface area contributed by atoms with Crippen LogP contribution in [-0.4, -0.2) is 39.0 Å². The molecule has 98 valence electrons. The Balaban J connectivity index is 0. The minimum absolute atomic E-state index is 0.611. The summed E-state index contributed by atoms with van der Waals surface area (Å²) >= 11 is 0. The van der Waals surface area contributed by atoms with Gasteiger partial charge < -0.3 is 5.11 Å². The Hall–Kier alpha value is -1.44. The third-order valence-electron chi connectivity index (χ3n) is 0.809. The van der Waals surface area contributed by atoms with E-state index < -0.39 is 22.9 Å². The maximum absolute atomic E-state index is 10.6. The van der Waals surface area contributed by atoms with Gasteiger partial charge in [-0.05, 0) is 12.1 Å². The van der Waals surface area contributed by atoms with Gasteiger partial charge in [-0.2, -0.15) is 13.2 Å². The van der Waals surface area contributed by atoms with Crippen LogP contribution in [0.1, 0.15) is 0 Å². The maximum atomic E-state index is 10.6. The van der Waals surface area contributed by atoms with Crippen LogP contribution in [0.5, 0.6) is 0 Å². The minimum Gasteiger partial charge on any atom is -0.475 e. The van der Waals surface area contributed by atoms with Gasteiger partial charge in [0.25, 0.3) is 0 Å². The molecule has 1 aromatic heterocycles. The number of pyridine rings is 1. The van der Waals surface area contributed by atoms with Crippen molar-refractivity contribution in [3.05, 3.63) is 30.6 Å². The standard InChI is InChI=1S/C5H5N.C2HF3O2.C2H6OS/c1-2-4-6-5-3-1;3-2(4,5)1(6)7;1-4(2)3/h1-5H;(H,6,7);1-2H3. The summed E-state index contributed by atoms with van der Waals surface area (Å²) in [6.07, 6.45) is 1.69. The van der Waals surface area contributed by atoms with E-state index in [2.05, 4.69) is 4.98 Å². The van der Waals surface area contributed by atoms with Crippen molar-refractivity contribution in [1.29, 1.82) is 0 Å². The lowest BCUT2D eigenvalue weighted by molar-refractivity contribution is -0.192. The molecule has 17 heavy (non-hydrogen) atoms. The molecule has 0 spiro atoms. The molecular formula is C9H12F3NO3S. The van der Waals surface area contributed by atoms with Gasteiger partial charge in [0, 0.05) is 35.7 Å². The molecule has 0 saturated carbocycles. The Labute approximate surface area is 98.9 Å². The molecule has 0 aliphatic carbocycles. The van der Waals surface area contributed by atoms with Crippen molar-refractivity contribution in [1.82, 2.24) is 4.98 Å². The van der Waals surface area contributed by atoms with E-state index in [9.17, 15) is 17.4 Å². The summed E-state index contributed by atoms with van der Waals surface area (Å²) in [5.74, 6) is -2.76. The molecule has 1 rings (SSSR count). The largest absolute Gasteiger partial charge is 0.490 e. The van der Waals surface area contributed by atoms with Crippen molar-refractivity contribution in [2.45, 2.75) is 6.18 Å². The van der Waals surface area contributed by atoms with Crippen LogP contribution in [0.3, 0.4) is 0 Å². The molecule has 0 fully saturated rings. The normalized spacial score (nSPS) is 9.53. The van der Waals surface area contributed by atoms with E-state index in [1.807, 2.05) is 18.2 Å². The van der Waals surface area contributed by atoms with Crippen LogP contribution in [-0.2, 0) is 15.6 Å². The summed E-state index contributed by atoms with van der Waals surface area (Å²) in [5.41, 5.74) is 0. The molecule has 8 heteroatoms. The second-order valence-electron chi connectivity index (χ2n) is 2.57. The highest BCUT2D eigenvalue weighted by molar-refractivity contribution is 7.83. The molecule has 0 unspecified atom stereocenters. The lowest BCUT2D eigenvalue weighted by Crippen LogP contribution is -2.21. The first kappa shape index (κ1) is 17.9. The summed E-state index contributed by atoms with van der Waals surface area (Å²) in [6.45, 7) is 0. The number of carboxylic acid groups (broad SMARTS) is 1. The predicted octanol–water partition coefficient (Wildman–Crippen LogP) is 1.71. The highest BCUT2D eigenvalue weighted by Crippen LogP contribution is 2.13. The molecule has 0 aliphatic heterocycles. The average Bonchev–Trinajstić information content (AvgIpc) is 2.19. The van der Waals surface area contributed by atoms with Crippen LogP contribution in [0.2, 0.25) is 0 Å². The summed E-state index contributed by atoms with van der Waals surface area (Å²) in [4.78, 5) is 12.7. The fourth-order valence-corrected chi connectivity index (χ4v) is 0.313. The molecule has 0 atom stereocenters. The van der Waals surface area contributed by atoms with Gasteiger partial charge in [-0.25, -0.2) is 4.79 Å². The number of rotatable bonds is 0. The van der Waals surface area contributed by atoms with Gasteiger partial charge >= 0.3 is 12.1 Å². The molecular weight excluding hydrogens is 259 g/mol. The zero-order valence-electron chi connectivity index (χ0n) is 9.14. The molecule has 1 aromatic rings. The van der Waals surface area contributed by atoms with Gasteiger partial charge in [-0.1, -0.05) is 6.07 Å². The van der Waals surface area contributed by atoms with Crippen molar-refractivity contribution >= 4 is 16.8 Å². The number of aromatic nitrogens is 1. The van der Waals surface area contributed by atoms with Crippen LogP contribution in [0.4, 0.5) is 13.2 Å². The smallest absolute Gasteiger partial charge is 0.475 e. The van der Waals surface area contributed by atoms with Gasteiger partial charge in [-0.3, -0.25) is 9.19 Å². The number of alkyl halides is 3. The van der Waals surface area contributed by atoms with E-state index in [0.717, 1.165) is 0 Å². The summed E-state index contributed by atoms with van der Waals surface area (Å²) in [6, 6.07) is 5.72. The second kappa shape index (κ2) is 9.76. The molecule has 0 saturated heterocycles. The molecule has 1 heterocycles. The molecule has 0 aromatic carbocycles. The number of nitrogens with zero attached hydrogens (tertiary/aromatic N) is 1. The topological polar surface area (TPSA) is 67.3 Å². The number of halogens is 3. The number of carbonyl (C=O) groups is 1. The van der Waals surface area contributed by atoms with Crippen molar-refractivity contribution in [2.75, 3.05) is 12.5 Å². The lowest BCUT2D eigenvalue weighted by atomic mass is 10.5. The molecule has 0 aliphatic rings. The Morgan fingerprint density at radius 2 is 1.47 bits per heavy atom. The third kappa shape index (κ3) is 20.6. The minimum atomic E-state index is -5.08. The highest BCUT2D eigenvalue weighted by atomic mass is 32.2. The molecule has 1 N–H and O–H groups in total. The summed E-state index contributed by atoms with van der Waals surface area (Å²) in [7, 11) is -0.611. The van der Waals surface area contributed by atoms with Crippen LogP contribution in [0.15, 0.2) is 30.6 Å². The number of carboxylic acids is 1. The first-order chi connectivity index (χ1) is 7.68. The van der Waals surface area contributed by atoms with Gasteiger partial charge in [0.1, 0.15) is 0 Å². The molecule has 0 bridgehead atoms. The van der Waals surface area contributed by atoms with E-state index in [1.54, 1.807) is 24.9 Å². The van der Waals surface area contributed by atoms with Crippen molar-refractivity contribution < 1.29 is 27.3 Å². The van der Waals surface area contributed by atoms with Gasteiger partial charge in [0.05, 0.1) is 0 Å². The van der Waals surface area contributed by atoms with E-state index in [0.29, 0.717) is 0 Å². The van der Waals surface area contributed by atoms with Crippen molar-refractivity contribution in [2.24, 2.45) is 0 Å². The average molecular weight is 271 g/mol. The predicted molar refractivity (Wildman–Crippen MR) is 57.9 cm³/mol. The molecule has 0 radical (unpaired) electrons. The summed E-state index contributed by atoms with van der Waals surface area (Å²) in [5, 5.41) is 7.12. The second-order valence-corrected chi connectivity index (χ2v) is 4.05. The molecule has 4 nitrogen and oxygen atoms in total. The highest BCUT2D eigenvalue weighted by Gasteiger charge is 2.38. The number of hydrogen-bond acceptors (Lipinski definition) is 3. The number of hydrogen-bond donors (Lipinski definition) is 1. The van der Waals surface area contributed by atoms with E-state index in [4.69, 9.17) is 9.90 Å². The fraction of sp³-hybridized carbons (Fsp3) is 0.333. The third-order valence-corrected chi connectivity index (χ3v) is 0.809. The summed E-state index contributed by atoms with van der Waals surface area (Å²) < 4.78 is 41.3. The zero-order chi connectivity index (χ0) is 13.9. The Bertz CT molecular complexity index is 299. The molecule has 0 amide bonds. The van der Waals surface area contributed by atoms with Crippen LogP contribution < -0.4 is 0 Å². The van der Waals surface area contributed by atoms with Crippen LogP contribution >= 0.6 is 0 Å². The van der Waals surface area contributed by atoms with Gasteiger partial charge in [-0.15, -0.1) is 0 Å². The Morgan fingerprint density at radius 3 is 1.53 bits per heavy atom. The maximum Gasteiger partial charge on any atom is 0.490 e. The Kier molecular flexibility index (Phi) is 10.3. The van der Waals surface area contributed by atoms with Crippen LogP contribution in [0.25, 0.3) is 0 Å². The SMILES string of the molecule is CS(C)=O.O=C(O)C(F)(F)F.c1ccncc1. The van der Waals surface area contributed by atoms with Crippen LogP contribution in [0, 0.1) is 0 Å². The monoisotopic (exact) mass is 271 g/mol. The number of aliphatic carboxylic acids is 1. The van der Waals surface area contributed by atoms with Crippen molar-refractivity contribution in [3.63, 3.8) is 0 Å². The van der Waals surface area contributed by atoms with E-state index in [-0.39, 0.29) is 0 Å². The first-order valence-corrected chi connectivity index (χ1v) is 6.04. The van der Waals surface area contributed by atoms with Crippen molar-refractivity contribution in [3.8, 4) is 0 Å². The zero-order valence-corrected chi connectivity index (χ0v) is 9.96. The quantitative estimate of drug-likeness (QED) is 0.780. The lowest BCUT2D eigenvalue weighted by Gasteiger charge is -1.93.